The molecule has 5 rings (SSSR count). The van der Waals surface area contributed by atoms with E-state index in [9.17, 15) is 4.79 Å². The minimum atomic E-state index is -0.0835. The van der Waals surface area contributed by atoms with Crippen LogP contribution in [0.1, 0.15) is 32.1 Å². The molecule has 1 aliphatic carbocycles. The van der Waals surface area contributed by atoms with E-state index in [1.54, 1.807) is 19.5 Å². The van der Waals surface area contributed by atoms with Crippen molar-refractivity contribution in [1.29, 1.82) is 0 Å². The smallest absolute Gasteiger partial charge is 0.225 e. The first-order chi connectivity index (χ1) is 12.7. The molecule has 7 nitrogen and oxygen atoms in total. The molecular formula is C19H26N4O3. The van der Waals surface area contributed by atoms with E-state index in [4.69, 9.17) is 9.47 Å². The number of rotatable bonds is 5. The second kappa shape index (κ2) is 6.08. The maximum Gasteiger partial charge on any atom is 0.225 e. The van der Waals surface area contributed by atoms with Gasteiger partial charge in [0, 0.05) is 30.8 Å². The lowest BCUT2D eigenvalue weighted by Crippen LogP contribution is -2.44. The molecule has 1 aromatic heterocycles. The van der Waals surface area contributed by atoms with E-state index in [2.05, 4.69) is 20.2 Å². The first-order valence-electron chi connectivity index (χ1n) is 9.75. The van der Waals surface area contributed by atoms with E-state index in [0.29, 0.717) is 23.7 Å². The number of aromatic nitrogens is 2. The Balaban J connectivity index is 1.28. The molecule has 140 valence electrons. The summed E-state index contributed by atoms with van der Waals surface area (Å²) < 4.78 is 11.6. The molecule has 4 heterocycles. The summed E-state index contributed by atoms with van der Waals surface area (Å²) in [5.41, 5.74) is -0.0835. The fourth-order valence-electron chi connectivity index (χ4n) is 5.23. The van der Waals surface area contributed by atoms with Crippen molar-refractivity contribution in [3.63, 3.8) is 0 Å². The number of hydrogen-bond donors (Lipinski definition) is 1. The summed E-state index contributed by atoms with van der Waals surface area (Å²) in [7, 11) is 1.62. The molecule has 4 atom stereocenters. The van der Waals surface area contributed by atoms with Gasteiger partial charge in [-0.05, 0) is 25.7 Å². The van der Waals surface area contributed by atoms with Crippen LogP contribution in [0.15, 0.2) is 12.4 Å². The monoisotopic (exact) mass is 358 g/mol. The van der Waals surface area contributed by atoms with Crippen LogP contribution < -0.4 is 15.0 Å². The molecule has 0 aromatic carbocycles. The third-order valence-electron chi connectivity index (χ3n) is 6.90. The number of amides is 1. The van der Waals surface area contributed by atoms with Crippen molar-refractivity contribution in [3.8, 4) is 5.75 Å². The number of carbonyl (C=O) groups excluding carboxylic acids is 1. The number of hydrogen-bond acceptors (Lipinski definition) is 6. The van der Waals surface area contributed by atoms with Crippen LogP contribution in [0.5, 0.6) is 5.75 Å². The zero-order valence-electron chi connectivity index (χ0n) is 15.2. The minimum absolute atomic E-state index is 0.0835. The highest BCUT2D eigenvalue weighted by Crippen LogP contribution is 2.55. The van der Waals surface area contributed by atoms with Gasteiger partial charge in [-0.1, -0.05) is 6.42 Å². The van der Waals surface area contributed by atoms with E-state index in [1.165, 1.54) is 6.42 Å². The Labute approximate surface area is 153 Å². The van der Waals surface area contributed by atoms with Crippen molar-refractivity contribution in [2.45, 2.75) is 43.8 Å². The van der Waals surface area contributed by atoms with Crippen molar-refractivity contribution < 1.29 is 14.3 Å². The molecule has 26 heavy (non-hydrogen) atoms. The molecule has 0 radical (unpaired) electrons. The quantitative estimate of drug-likeness (QED) is 0.857. The summed E-state index contributed by atoms with van der Waals surface area (Å²) >= 11 is 0. The molecule has 7 heteroatoms. The predicted molar refractivity (Wildman–Crippen MR) is 95.0 cm³/mol. The van der Waals surface area contributed by atoms with Gasteiger partial charge >= 0.3 is 0 Å². The second-order valence-corrected chi connectivity index (χ2v) is 8.21. The molecule has 3 aliphatic heterocycles. The van der Waals surface area contributed by atoms with Crippen LogP contribution in [-0.4, -0.2) is 54.3 Å². The molecule has 1 saturated carbocycles. The first-order valence-corrected chi connectivity index (χ1v) is 9.75. The Kier molecular flexibility index (Phi) is 3.81. The van der Waals surface area contributed by atoms with Crippen LogP contribution in [0, 0.1) is 17.8 Å². The number of methoxy groups -OCH3 is 1. The topological polar surface area (TPSA) is 76.6 Å². The average Bonchev–Trinajstić information content (AvgIpc) is 3.27. The molecule has 0 unspecified atom stereocenters. The van der Waals surface area contributed by atoms with Gasteiger partial charge in [-0.15, -0.1) is 0 Å². The third-order valence-corrected chi connectivity index (χ3v) is 6.90. The number of nitrogens with zero attached hydrogens (tertiary/aromatic N) is 3. The van der Waals surface area contributed by atoms with Gasteiger partial charge in [-0.2, -0.15) is 0 Å². The van der Waals surface area contributed by atoms with E-state index >= 15 is 0 Å². The number of nitrogens with one attached hydrogen (secondary N) is 1. The lowest BCUT2D eigenvalue weighted by Gasteiger charge is -2.30. The van der Waals surface area contributed by atoms with Gasteiger partial charge in [0.25, 0.3) is 0 Å². The lowest BCUT2D eigenvalue weighted by molar-refractivity contribution is -0.127. The van der Waals surface area contributed by atoms with Crippen LogP contribution in [0.3, 0.4) is 0 Å². The number of carbonyl (C=O) groups is 1. The minimum Gasteiger partial charge on any atom is -0.494 e. The summed E-state index contributed by atoms with van der Waals surface area (Å²) in [5.74, 6) is 2.72. The molecule has 2 bridgehead atoms. The first kappa shape index (κ1) is 16.3. The van der Waals surface area contributed by atoms with E-state index in [1.807, 2.05) is 0 Å². The molecule has 1 aromatic rings. The SMILES string of the molecule is COc1cnc(N2C[C@@H]3[C@H](CNC(=O)C4CCC4)[C@H]4CC[C@]3(C2)O4)nc1. The average molecular weight is 358 g/mol. The normalized spacial score (nSPS) is 35.3. The molecular weight excluding hydrogens is 332 g/mol. The Morgan fingerprint density at radius 1 is 1.38 bits per heavy atom. The molecule has 3 saturated heterocycles. The number of ether oxygens (including phenoxy) is 2. The zero-order chi connectivity index (χ0) is 17.7. The molecule has 4 aliphatic rings. The van der Waals surface area contributed by atoms with E-state index < -0.39 is 0 Å². The van der Waals surface area contributed by atoms with Crippen LogP contribution in [-0.2, 0) is 9.53 Å². The third kappa shape index (κ3) is 2.47. The summed E-state index contributed by atoms with van der Waals surface area (Å²) in [5, 5.41) is 3.21. The van der Waals surface area contributed by atoms with Crippen LogP contribution in [0.4, 0.5) is 5.95 Å². The van der Waals surface area contributed by atoms with Crippen molar-refractivity contribution in [1.82, 2.24) is 15.3 Å². The van der Waals surface area contributed by atoms with Crippen LogP contribution >= 0.6 is 0 Å². The van der Waals surface area contributed by atoms with Gasteiger partial charge in [0.05, 0.1) is 37.8 Å². The Bertz CT molecular complexity index is 693. The molecule has 1 amide bonds. The highest BCUT2D eigenvalue weighted by atomic mass is 16.5. The summed E-state index contributed by atoms with van der Waals surface area (Å²) in [6.45, 7) is 2.48. The Morgan fingerprint density at radius 2 is 2.19 bits per heavy atom. The van der Waals surface area contributed by atoms with E-state index in [0.717, 1.165) is 51.3 Å². The van der Waals surface area contributed by atoms with Gasteiger partial charge in [0.1, 0.15) is 0 Å². The molecule has 4 fully saturated rings. The maximum absolute atomic E-state index is 12.2. The highest BCUT2D eigenvalue weighted by molar-refractivity contribution is 5.79. The second-order valence-electron chi connectivity index (χ2n) is 8.21. The van der Waals surface area contributed by atoms with Gasteiger partial charge in [0.15, 0.2) is 5.75 Å². The highest BCUT2D eigenvalue weighted by Gasteiger charge is 2.63. The lowest BCUT2D eigenvalue weighted by atomic mass is 9.73. The van der Waals surface area contributed by atoms with Crippen molar-refractivity contribution >= 4 is 11.9 Å². The maximum atomic E-state index is 12.2. The van der Waals surface area contributed by atoms with Gasteiger partial charge in [-0.3, -0.25) is 4.79 Å². The standard InChI is InChI=1S/C19H26N4O3/c1-25-13-7-21-18(22-8-13)23-10-15-14(9-20-17(24)12-3-2-4-12)16-5-6-19(15,11-23)26-16/h7-8,12,14-16H,2-6,9-11H2,1H3,(H,20,24)/t14-,15+,16+,19+/m0/s1. The van der Waals surface area contributed by atoms with E-state index in [-0.39, 0.29) is 17.4 Å². The van der Waals surface area contributed by atoms with Gasteiger partial charge in [0.2, 0.25) is 11.9 Å². The molecule has 1 spiro atoms. The zero-order valence-corrected chi connectivity index (χ0v) is 15.2. The molecule has 1 N–H and O–H groups in total. The van der Waals surface area contributed by atoms with Crippen molar-refractivity contribution in [2.24, 2.45) is 17.8 Å². The summed E-state index contributed by atoms with van der Waals surface area (Å²) in [6, 6.07) is 0. The Morgan fingerprint density at radius 3 is 2.88 bits per heavy atom. The van der Waals surface area contributed by atoms with Crippen molar-refractivity contribution in [3.05, 3.63) is 12.4 Å². The largest absolute Gasteiger partial charge is 0.494 e. The number of anilines is 1. The van der Waals surface area contributed by atoms with Crippen LogP contribution in [0.25, 0.3) is 0 Å². The van der Waals surface area contributed by atoms with Gasteiger partial charge in [-0.25, -0.2) is 9.97 Å². The summed E-state index contributed by atoms with van der Waals surface area (Å²) in [4.78, 5) is 23.3. The van der Waals surface area contributed by atoms with Gasteiger partial charge < -0.3 is 19.7 Å². The Hall–Kier alpha value is -1.89. The summed E-state index contributed by atoms with van der Waals surface area (Å²) in [6.07, 6.45) is 9.19. The fraction of sp³-hybridized carbons (Fsp3) is 0.737. The van der Waals surface area contributed by atoms with Crippen molar-refractivity contribution in [2.75, 3.05) is 31.6 Å². The number of fused-ring (bicyclic) bond motifs is 1. The predicted octanol–water partition coefficient (Wildman–Crippen LogP) is 1.39. The van der Waals surface area contributed by atoms with Crippen LogP contribution in [0.2, 0.25) is 0 Å². The fourth-order valence-corrected chi connectivity index (χ4v) is 5.23.